The molecule has 0 radical (unpaired) electrons. The van der Waals surface area contributed by atoms with Crippen LogP contribution in [-0.4, -0.2) is 63.7 Å². The van der Waals surface area contributed by atoms with Crippen LogP contribution in [0.25, 0.3) is 0 Å². The zero-order chi connectivity index (χ0) is 16.4. The van der Waals surface area contributed by atoms with Crippen molar-refractivity contribution in [3.05, 3.63) is 0 Å². The van der Waals surface area contributed by atoms with Crippen molar-refractivity contribution in [3.63, 3.8) is 0 Å². The Morgan fingerprint density at radius 2 is 1.68 bits per heavy atom. The minimum atomic E-state index is -0.960. The van der Waals surface area contributed by atoms with Gasteiger partial charge in [0.1, 0.15) is 6.04 Å². The van der Waals surface area contributed by atoms with Gasteiger partial charge in [-0.25, -0.2) is 9.59 Å². The van der Waals surface area contributed by atoms with E-state index in [1.807, 2.05) is 0 Å². The number of carbonyl (C=O) groups excluding carboxylic acids is 5. The lowest BCUT2D eigenvalue weighted by atomic mass is 10.2. The van der Waals surface area contributed by atoms with Crippen LogP contribution in [0.15, 0.2) is 0 Å². The molecule has 120 valence electrons. The first-order valence-corrected chi connectivity index (χ1v) is 7.09. The molecular weight excluding hydrogens is 294 g/mol. The minimum absolute atomic E-state index is 0.00233. The highest BCUT2D eigenvalue weighted by atomic mass is 16.7. The zero-order valence-corrected chi connectivity index (χ0v) is 12.4. The van der Waals surface area contributed by atoms with Crippen molar-refractivity contribution < 1.29 is 28.8 Å². The van der Waals surface area contributed by atoms with Crippen LogP contribution in [0.2, 0.25) is 0 Å². The second-order valence-corrected chi connectivity index (χ2v) is 4.92. The van der Waals surface area contributed by atoms with Crippen LogP contribution in [0.1, 0.15) is 33.1 Å². The summed E-state index contributed by atoms with van der Waals surface area (Å²) in [5, 5.41) is 0.428. The summed E-state index contributed by atoms with van der Waals surface area (Å²) in [6, 6.07) is -1.42. The number of hydrogen-bond donors (Lipinski definition) is 0. The van der Waals surface area contributed by atoms with E-state index in [0.29, 0.717) is 5.06 Å². The Balaban J connectivity index is 2.04. The largest absolute Gasteiger partial charge is 0.335 e. The van der Waals surface area contributed by atoms with Crippen molar-refractivity contribution in [1.82, 2.24) is 14.9 Å². The van der Waals surface area contributed by atoms with Crippen molar-refractivity contribution in [3.8, 4) is 0 Å². The Morgan fingerprint density at radius 1 is 1.09 bits per heavy atom. The van der Waals surface area contributed by atoms with Crippen molar-refractivity contribution in [2.45, 2.75) is 39.2 Å². The van der Waals surface area contributed by atoms with E-state index in [1.54, 1.807) is 13.8 Å². The fourth-order valence-electron chi connectivity index (χ4n) is 2.49. The van der Waals surface area contributed by atoms with Gasteiger partial charge in [0.15, 0.2) is 0 Å². The molecular formula is C13H17N3O6. The molecule has 0 saturated carbocycles. The summed E-state index contributed by atoms with van der Waals surface area (Å²) in [6.45, 7) is 3.82. The number of rotatable bonds is 5. The maximum absolute atomic E-state index is 12.1. The normalized spacial score (nSPS) is 22.1. The maximum atomic E-state index is 12.1. The van der Waals surface area contributed by atoms with E-state index >= 15 is 0 Å². The predicted octanol–water partition coefficient (Wildman–Crippen LogP) is -0.344. The number of imide groups is 2. The van der Waals surface area contributed by atoms with Crippen molar-refractivity contribution >= 4 is 29.7 Å². The third-order valence-electron chi connectivity index (χ3n) is 3.62. The first kappa shape index (κ1) is 15.9. The van der Waals surface area contributed by atoms with Gasteiger partial charge in [0, 0.05) is 25.9 Å². The van der Waals surface area contributed by atoms with Crippen LogP contribution in [0.4, 0.5) is 4.79 Å². The average Bonchev–Trinajstić information content (AvgIpc) is 2.90. The van der Waals surface area contributed by atoms with E-state index in [2.05, 4.69) is 0 Å². The van der Waals surface area contributed by atoms with Gasteiger partial charge in [0.05, 0.1) is 6.42 Å². The maximum Gasteiger partial charge on any atom is 0.335 e. The number of amides is 5. The summed E-state index contributed by atoms with van der Waals surface area (Å²) in [5.74, 6) is -2.55. The molecule has 5 amide bonds. The Hall–Kier alpha value is -2.45. The van der Waals surface area contributed by atoms with E-state index < -0.39 is 42.2 Å². The number of carbonyl (C=O) groups is 5. The van der Waals surface area contributed by atoms with Gasteiger partial charge in [-0.2, -0.15) is 0 Å². The molecule has 0 unspecified atom stereocenters. The monoisotopic (exact) mass is 311 g/mol. The smallest absolute Gasteiger partial charge is 0.330 e. The first-order valence-electron chi connectivity index (χ1n) is 7.09. The highest BCUT2D eigenvalue weighted by Gasteiger charge is 2.45. The Morgan fingerprint density at radius 3 is 2.18 bits per heavy atom. The van der Waals surface area contributed by atoms with Gasteiger partial charge in [-0.05, 0) is 13.8 Å². The summed E-state index contributed by atoms with van der Waals surface area (Å²) < 4.78 is 0. The SMILES string of the molecule is CCN1C(=O)[C@@H](CC(=O)ON2C(=O)CCC2=O)N(CC)C1=O. The molecule has 9 nitrogen and oxygen atoms in total. The molecule has 1 atom stereocenters. The average molecular weight is 311 g/mol. The van der Waals surface area contributed by atoms with E-state index in [0.717, 1.165) is 4.90 Å². The summed E-state index contributed by atoms with van der Waals surface area (Å²) in [5.41, 5.74) is 0. The lowest BCUT2D eigenvalue weighted by Gasteiger charge is -2.20. The van der Waals surface area contributed by atoms with E-state index in [-0.39, 0.29) is 25.9 Å². The number of hydrogen-bond acceptors (Lipinski definition) is 6. The van der Waals surface area contributed by atoms with Crippen LogP contribution < -0.4 is 0 Å². The second-order valence-electron chi connectivity index (χ2n) is 4.92. The molecule has 2 heterocycles. The lowest BCUT2D eigenvalue weighted by molar-refractivity contribution is -0.198. The third kappa shape index (κ3) is 2.66. The molecule has 0 spiro atoms. The molecule has 0 aromatic heterocycles. The fraction of sp³-hybridized carbons (Fsp3) is 0.615. The molecule has 2 aliphatic heterocycles. The first-order chi connectivity index (χ1) is 10.4. The van der Waals surface area contributed by atoms with Crippen molar-refractivity contribution in [2.24, 2.45) is 0 Å². The number of hydroxylamine groups is 2. The van der Waals surface area contributed by atoms with Crippen molar-refractivity contribution in [2.75, 3.05) is 13.1 Å². The van der Waals surface area contributed by atoms with E-state index in [4.69, 9.17) is 4.84 Å². The van der Waals surface area contributed by atoms with Gasteiger partial charge >= 0.3 is 12.0 Å². The zero-order valence-electron chi connectivity index (χ0n) is 12.4. The van der Waals surface area contributed by atoms with Crippen LogP contribution in [0.5, 0.6) is 0 Å². The molecule has 2 saturated heterocycles. The van der Waals surface area contributed by atoms with Gasteiger partial charge in [0.25, 0.3) is 17.7 Å². The number of likely N-dealkylation sites (N-methyl/N-ethyl adjacent to an activating group) is 2. The lowest BCUT2D eigenvalue weighted by Crippen LogP contribution is -2.39. The summed E-state index contributed by atoms with van der Waals surface area (Å²) >= 11 is 0. The van der Waals surface area contributed by atoms with Gasteiger partial charge in [-0.15, -0.1) is 5.06 Å². The summed E-state index contributed by atoms with van der Waals surface area (Å²) in [7, 11) is 0. The van der Waals surface area contributed by atoms with Gasteiger partial charge in [-0.1, -0.05) is 0 Å². The highest BCUT2D eigenvalue weighted by molar-refractivity contribution is 6.06. The summed E-state index contributed by atoms with van der Waals surface area (Å²) in [4.78, 5) is 65.8. The van der Waals surface area contributed by atoms with E-state index in [9.17, 15) is 24.0 Å². The topological polar surface area (TPSA) is 104 Å². The van der Waals surface area contributed by atoms with Crippen molar-refractivity contribution in [1.29, 1.82) is 0 Å². The molecule has 0 bridgehead atoms. The van der Waals surface area contributed by atoms with Crippen LogP contribution >= 0.6 is 0 Å². The third-order valence-corrected chi connectivity index (χ3v) is 3.62. The molecule has 2 rings (SSSR count). The second kappa shape index (κ2) is 6.12. The molecule has 9 heteroatoms. The molecule has 0 aliphatic carbocycles. The molecule has 0 aromatic rings. The molecule has 2 aliphatic rings. The van der Waals surface area contributed by atoms with Crippen LogP contribution in [0.3, 0.4) is 0 Å². The minimum Gasteiger partial charge on any atom is -0.330 e. The summed E-state index contributed by atoms with van der Waals surface area (Å²) in [6.07, 6.45) is -0.402. The Labute approximate surface area is 126 Å². The predicted molar refractivity (Wildman–Crippen MR) is 70.7 cm³/mol. The van der Waals surface area contributed by atoms with Gasteiger partial charge in [0.2, 0.25) is 0 Å². The molecule has 0 N–H and O–H groups in total. The standard InChI is InChI=1S/C13H17N3O6/c1-3-14-8(12(20)15(4-2)13(14)21)7-11(19)22-16-9(17)5-6-10(16)18/h8H,3-7H2,1-2H3/t8-/m1/s1. The van der Waals surface area contributed by atoms with Crippen LogP contribution in [-0.2, 0) is 24.0 Å². The quantitative estimate of drug-likeness (QED) is 0.508. The number of nitrogens with zero attached hydrogens (tertiary/aromatic N) is 3. The molecule has 22 heavy (non-hydrogen) atoms. The fourth-order valence-corrected chi connectivity index (χ4v) is 2.49. The van der Waals surface area contributed by atoms with Gasteiger partial charge in [-0.3, -0.25) is 19.3 Å². The highest BCUT2D eigenvalue weighted by Crippen LogP contribution is 2.21. The Bertz CT molecular complexity index is 530. The van der Waals surface area contributed by atoms with Crippen LogP contribution in [0, 0.1) is 0 Å². The van der Waals surface area contributed by atoms with E-state index in [1.165, 1.54) is 4.90 Å². The molecule has 0 aromatic carbocycles. The molecule has 2 fully saturated rings. The Kier molecular flexibility index (Phi) is 4.43. The number of urea groups is 1. The van der Waals surface area contributed by atoms with Gasteiger partial charge < -0.3 is 9.74 Å².